The van der Waals surface area contributed by atoms with Gasteiger partial charge < -0.3 is 9.88 Å². The van der Waals surface area contributed by atoms with E-state index in [0.29, 0.717) is 21.4 Å². The fourth-order valence-corrected chi connectivity index (χ4v) is 3.16. The van der Waals surface area contributed by atoms with Crippen LogP contribution in [0.15, 0.2) is 61.2 Å². The van der Waals surface area contributed by atoms with E-state index in [1.165, 1.54) is 4.68 Å². The molecule has 0 atom stereocenters. The molecular weight excluding hydrogens is 411 g/mol. The summed E-state index contributed by atoms with van der Waals surface area (Å²) in [5, 5.41) is 11.6. The minimum Gasteiger partial charge on any atom is -0.323 e. The Labute approximate surface area is 176 Å². The van der Waals surface area contributed by atoms with Crippen LogP contribution in [0.5, 0.6) is 0 Å². The summed E-state index contributed by atoms with van der Waals surface area (Å²) in [4.78, 5) is 16.5. The van der Waals surface area contributed by atoms with Gasteiger partial charge in [-0.1, -0.05) is 46.6 Å². The molecule has 0 radical (unpaired) electrons. The molecular formula is C20H16Cl2N6O. The van der Waals surface area contributed by atoms with Crippen molar-refractivity contribution in [2.24, 2.45) is 0 Å². The summed E-state index contributed by atoms with van der Waals surface area (Å²) in [6.07, 6.45) is 5.44. The number of benzene rings is 2. The molecule has 0 aliphatic rings. The van der Waals surface area contributed by atoms with Crippen molar-refractivity contribution in [2.75, 3.05) is 5.32 Å². The van der Waals surface area contributed by atoms with Crippen molar-refractivity contribution in [3.8, 4) is 16.9 Å². The van der Waals surface area contributed by atoms with E-state index in [-0.39, 0.29) is 12.5 Å². The maximum absolute atomic E-state index is 12.3. The number of anilines is 1. The van der Waals surface area contributed by atoms with Gasteiger partial charge in [-0.3, -0.25) is 4.79 Å². The Morgan fingerprint density at radius 1 is 1.10 bits per heavy atom. The summed E-state index contributed by atoms with van der Waals surface area (Å²) in [7, 11) is 0. The van der Waals surface area contributed by atoms with E-state index >= 15 is 0 Å². The van der Waals surface area contributed by atoms with Crippen LogP contribution in [-0.4, -0.2) is 30.5 Å². The molecule has 0 saturated carbocycles. The third-order valence-corrected chi connectivity index (χ3v) is 5.06. The molecule has 4 aromatic rings. The summed E-state index contributed by atoms with van der Waals surface area (Å²) >= 11 is 12.1. The minimum absolute atomic E-state index is 0.00222. The quantitative estimate of drug-likeness (QED) is 0.513. The molecule has 2 aromatic heterocycles. The summed E-state index contributed by atoms with van der Waals surface area (Å²) in [5.74, 6) is -0.281. The first kappa shape index (κ1) is 19.2. The van der Waals surface area contributed by atoms with E-state index in [1.54, 1.807) is 30.7 Å². The number of aryl methyl sites for hydroxylation is 1. The van der Waals surface area contributed by atoms with Crippen LogP contribution in [0.25, 0.3) is 16.9 Å². The van der Waals surface area contributed by atoms with Gasteiger partial charge in [0.05, 0.1) is 34.0 Å². The first-order valence-electron chi connectivity index (χ1n) is 8.75. The summed E-state index contributed by atoms with van der Waals surface area (Å²) in [6, 6.07) is 12.9. The molecule has 1 N–H and O–H groups in total. The highest BCUT2D eigenvalue weighted by Crippen LogP contribution is 2.29. The molecule has 0 spiro atoms. The van der Waals surface area contributed by atoms with Crippen molar-refractivity contribution in [3.63, 3.8) is 0 Å². The van der Waals surface area contributed by atoms with Gasteiger partial charge in [0.1, 0.15) is 12.2 Å². The second-order valence-electron chi connectivity index (χ2n) is 6.42. The number of amides is 1. The largest absolute Gasteiger partial charge is 0.323 e. The van der Waals surface area contributed by atoms with E-state index in [9.17, 15) is 4.79 Å². The first-order chi connectivity index (χ1) is 14.0. The Hall–Kier alpha value is -3.16. The van der Waals surface area contributed by atoms with Crippen molar-refractivity contribution in [1.82, 2.24) is 24.5 Å². The smallest absolute Gasteiger partial charge is 0.246 e. The lowest BCUT2D eigenvalue weighted by Gasteiger charge is -2.07. The van der Waals surface area contributed by atoms with Gasteiger partial charge in [0.15, 0.2) is 0 Å². The highest BCUT2D eigenvalue weighted by Gasteiger charge is 2.11. The minimum atomic E-state index is -0.281. The number of imidazole rings is 1. The van der Waals surface area contributed by atoms with E-state index < -0.39 is 0 Å². The molecule has 0 unspecified atom stereocenters. The molecule has 4 rings (SSSR count). The first-order valence-corrected chi connectivity index (χ1v) is 9.50. The monoisotopic (exact) mass is 426 g/mol. The Balaban J connectivity index is 1.44. The van der Waals surface area contributed by atoms with Crippen molar-refractivity contribution < 1.29 is 4.79 Å². The predicted octanol–water partition coefficient (Wildman–Crippen LogP) is 4.38. The SMILES string of the molecule is Cc1cn(-c2ccc(-c3cn(CC(=O)Nc4cccc(Cl)c4Cl)nn3)cc2)cn1. The molecule has 0 fully saturated rings. The molecule has 2 heterocycles. The molecule has 2 aromatic carbocycles. The fourth-order valence-electron chi connectivity index (χ4n) is 2.81. The highest BCUT2D eigenvalue weighted by atomic mass is 35.5. The number of nitrogens with zero attached hydrogens (tertiary/aromatic N) is 5. The van der Waals surface area contributed by atoms with Gasteiger partial charge >= 0.3 is 0 Å². The van der Waals surface area contributed by atoms with Gasteiger partial charge in [-0.05, 0) is 31.2 Å². The van der Waals surface area contributed by atoms with Crippen LogP contribution in [0.3, 0.4) is 0 Å². The van der Waals surface area contributed by atoms with Crippen LogP contribution in [-0.2, 0) is 11.3 Å². The second-order valence-corrected chi connectivity index (χ2v) is 7.21. The van der Waals surface area contributed by atoms with Crippen molar-refractivity contribution >= 4 is 34.8 Å². The normalized spacial score (nSPS) is 10.9. The molecule has 0 bridgehead atoms. The fraction of sp³-hybridized carbons (Fsp3) is 0.100. The molecule has 0 aliphatic carbocycles. The number of halogens is 2. The van der Waals surface area contributed by atoms with Crippen LogP contribution in [0.2, 0.25) is 10.0 Å². The Bertz CT molecular complexity index is 1170. The number of hydrogen-bond donors (Lipinski definition) is 1. The van der Waals surface area contributed by atoms with E-state index in [0.717, 1.165) is 16.9 Å². The van der Waals surface area contributed by atoms with Crippen LogP contribution < -0.4 is 5.32 Å². The second kappa shape index (κ2) is 8.06. The van der Waals surface area contributed by atoms with Gasteiger partial charge in [0.25, 0.3) is 0 Å². The Morgan fingerprint density at radius 2 is 1.90 bits per heavy atom. The molecule has 0 aliphatic heterocycles. The highest BCUT2D eigenvalue weighted by molar-refractivity contribution is 6.43. The number of nitrogens with one attached hydrogen (secondary N) is 1. The van der Waals surface area contributed by atoms with Gasteiger partial charge in [-0.15, -0.1) is 5.10 Å². The molecule has 9 heteroatoms. The lowest BCUT2D eigenvalue weighted by atomic mass is 10.1. The number of rotatable bonds is 5. The molecule has 146 valence electrons. The summed E-state index contributed by atoms with van der Waals surface area (Å²) in [6.45, 7) is 1.95. The summed E-state index contributed by atoms with van der Waals surface area (Å²) in [5.41, 5.74) is 3.98. The standard InChI is InChI=1S/C20H16Cl2N6O/c1-13-9-27(12-23-13)15-7-5-14(6-8-15)18-10-28(26-25-18)11-19(29)24-17-4-2-3-16(21)20(17)22/h2-10,12H,11H2,1H3,(H,24,29). The lowest BCUT2D eigenvalue weighted by Crippen LogP contribution is -2.19. The molecule has 1 amide bonds. The Morgan fingerprint density at radius 3 is 2.62 bits per heavy atom. The van der Waals surface area contributed by atoms with Crippen LogP contribution in [0.4, 0.5) is 5.69 Å². The summed E-state index contributed by atoms with van der Waals surface area (Å²) < 4.78 is 3.41. The maximum atomic E-state index is 12.3. The number of aromatic nitrogens is 5. The average molecular weight is 427 g/mol. The third-order valence-electron chi connectivity index (χ3n) is 4.24. The lowest BCUT2D eigenvalue weighted by molar-refractivity contribution is -0.116. The number of carbonyl (C=O) groups excluding carboxylic acids is 1. The predicted molar refractivity (Wildman–Crippen MR) is 112 cm³/mol. The van der Waals surface area contributed by atoms with Gasteiger partial charge in [0, 0.05) is 17.4 Å². The zero-order valence-corrected chi connectivity index (χ0v) is 16.9. The van der Waals surface area contributed by atoms with E-state index in [2.05, 4.69) is 20.6 Å². The van der Waals surface area contributed by atoms with Crippen molar-refractivity contribution in [1.29, 1.82) is 0 Å². The van der Waals surface area contributed by atoms with E-state index in [1.807, 2.05) is 42.0 Å². The van der Waals surface area contributed by atoms with Crippen LogP contribution in [0.1, 0.15) is 5.69 Å². The average Bonchev–Trinajstić information content (AvgIpc) is 3.35. The molecule has 0 saturated heterocycles. The van der Waals surface area contributed by atoms with Gasteiger partial charge in [0.2, 0.25) is 5.91 Å². The van der Waals surface area contributed by atoms with Gasteiger partial charge in [-0.2, -0.15) is 0 Å². The molecule has 7 nitrogen and oxygen atoms in total. The third kappa shape index (κ3) is 4.31. The number of hydrogen-bond acceptors (Lipinski definition) is 4. The zero-order valence-electron chi connectivity index (χ0n) is 15.4. The van der Waals surface area contributed by atoms with Crippen molar-refractivity contribution in [2.45, 2.75) is 13.5 Å². The maximum Gasteiger partial charge on any atom is 0.246 e. The molecule has 29 heavy (non-hydrogen) atoms. The van der Waals surface area contributed by atoms with Gasteiger partial charge in [-0.25, -0.2) is 9.67 Å². The van der Waals surface area contributed by atoms with Crippen LogP contribution >= 0.6 is 23.2 Å². The van der Waals surface area contributed by atoms with Crippen LogP contribution in [0, 0.1) is 6.92 Å². The number of carbonyl (C=O) groups is 1. The Kier molecular flexibility index (Phi) is 5.33. The topological polar surface area (TPSA) is 77.6 Å². The van der Waals surface area contributed by atoms with Crippen molar-refractivity contribution in [3.05, 3.63) is 76.9 Å². The zero-order chi connectivity index (χ0) is 20.4. The van der Waals surface area contributed by atoms with E-state index in [4.69, 9.17) is 23.2 Å².